The first kappa shape index (κ1) is 19.9. The zero-order valence-corrected chi connectivity index (χ0v) is 18.0. The molecule has 4 rings (SSSR count). The molecule has 1 aliphatic rings. The minimum atomic E-state index is -3.72. The van der Waals surface area contributed by atoms with Crippen LogP contribution in [-0.4, -0.2) is 23.2 Å². The number of hydrogen-bond donors (Lipinski definition) is 1. The van der Waals surface area contributed by atoms with E-state index in [-0.39, 0.29) is 4.90 Å². The van der Waals surface area contributed by atoms with Crippen molar-refractivity contribution in [2.75, 3.05) is 4.72 Å². The summed E-state index contributed by atoms with van der Waals surface area (Å²) in [5.41, 5.74) is 2.83. The molecule has 6 nitrogen and oxygen atoms in total. The van der Waals surface area contributed by atoms with Crippen molar-refractivity contribution in [3.8, 4) is 11.4 Å². The fourth-order valence-corrected chi connectivity index (χ4v) is 5.23. The number of fused-ring (bicyclic) bond motifs is 1. The Labute approximate surface area is 176 Å². The minimum Gasteiger partial charge on any atom is -0.311 e. The number of halogens is 1. The lowest BCUT2D eigenvalue weighted by Crippen LogP contribution is -2.14. The molecule has 0 bridgehead atoms. The number of nitrogens with zero attached hydrogens (tertiary/aromatic N) is 3. The molecular formula is C21H23ClN4O2S. The van der Waals surface area contributed by atoms with Crippen molar-refractivity contribution in [1.29, 1.82) is 0 Å². The van der Waals surface area contributed by atoms with E-state index >= 15 is 0 Å². The minimum absolute atomic E-state index is 0.260. The highest BCUT2D eigenvalue weighted by atomic mass is 35.5. The Morgan fingerprint density at radius 1 is 1.03 bits per heavy atom. The van der Waals surface area contributed by atoms with Gasteiger partial charge in [-0.3, -0.25) is 4.72 Å². The van der Waals surface area contributed by atoms with Crippen LogP contribution in [0.15, 0.2) is 41.3 Å². The molecule has 0 spiro atoms. The Bertz CT molecular complexity index is 1170. The SMILES string of the molecule is Cc1ccc(S(=O)(=O)Nc2ccc(Cl)c(-c3nnc4n3CCCCC4)c2)c(C)c1. The van der Waals surface area contributed by atoms with E-state index in [9.17, 15) is 8.42 Å². The van der Waals surface area contributed by atoms with Crippen molar-refractivity contribution in [2.45, 2.75) is 51.0 Å². The number of nitrogens with one attached hydrogen (secondary N) is 1. The van der Waals surface area contributed by atoms with E-state index in [0.29, 0.717) is 27.7 Å². The van der Waals surface area contributed by atoms with Gasteiger partial charge in [0, 0.05) is 24.2 Å². The van der Waals surface area contributed by atoms with E-state index in [4.69, 9.17) is 11.6 Å². The van der Waals surface area contributed by atoms with E-state index in [1.54, 1.807) is 37.3 Å². The summed E-state index contributed by atoms with van der Waals surface area (Å²) in [5, 5.41) is 9.18. The lowest BCUT2D eigenvalue weighted by atomic mass is 10.2. The molecule has 1 aliphatic heterocycles. The van der Waals surface area contributed by atoms with Crippen LogP contribution in [0.5, 0.6) is 0 Å². The predicted molar refractivity (Wildman–Crippen MR) is 115 cm³/mol. The fraction of sp³-hybridized carbons (Fsp3) is 0.333. The zero-order chi connectivity index (χ0) is 20.6. The van der Waals surface area contributed by atoms with E-state index in [0.717, 1.165) is 43.6 Å². The van der Waals surface area contributed by atoms with Gasteiger partial charge in [-0.15, -0.1) is 10.2 Å². The van der Waals surface area contributed by atoms with Crippen LogP contribution in [0.2, 0.25) is 5.02 Å². The molecule has 0 amide bonds. The predicted octanol–water partition coefficient (Wildman–Crippen LogP) is 4.74. The van der Waals surface area contributed by atoms with Crippen molar-refractivity contribution < 1.29 is 8.42 Å². The maximum atomic E-state index is 12.9. The van der Waals surface area contributed by atoms with E-state index < -0.39 is 10.0 Å². The van der Waals surface area contributed by atoms with Crippen LogP contribution in [0, 0.1) is 13.8 Å². The monoisotopic (exact) mass is 430 g/mol. The van der Waals surface area contributed by atoms with Crippen LogP contribution >= 0.6 is 11.6 Å². The molecule has 0 radical (unpaired) electrons. The van der Waals surface area contributed by atoms with Crippen molar-refractivity contribution in [3.05, 3.63) is 58.4 Å². The van der Waals surface area contributed by atoms with Gasteiger partial charge in [0.2, 0.25) is 0 Å². The highest BCUT2D eigenvalue weighted by Gasteiger charge is 2.21. The molecule has 0 fully saturated rings. The largest absolute Gasteiger partial charge is 0.311 e. The third-order valence-electron chi connectivity index (χ3n) is 5.19. The molecular weight excluding hydrogens is 408 g/mol. The number of rotatable bonds is 4. The molecule has 0 unspecified atom stereocenters. The summed E-state index contributed by atoms with van der Waals surface area (Å²) < 4.78 is 30.6. The summed E-state index contributed by atoms with van der Waals surface area (Å²) in [5.74, 6) is 1.63. The van der Waals surface area contributed by atoms with Gasteiger partial charge in [-0.05, 0) is 56.5 Å². The average Bonchev–Trinajstić information content (AvgIpc) is 2.90. The molecule has 29 heavy (non-hydrogen) atoms. The fourth-order valence-electron chi connectivity index (χ4n) is 3.76. The van der Waals surface area contributed by atoms with E-state index in [1.165, 1.54) is 0 Å². The number of aromatic nitrogens is 3. The van der Waals surface area contributed by atoms with E-state index in [1.807, 2.05) is 13.0 Å². The molecule has 3 aromatic rings. The topological polar surface area (TPSA) is 76.9 Å². The average molecular weight is 431 g/mol. The first-order valence-electron chi connectivity index (χ1n) is 9.67. The van der Waals surface area contributed by atoms with Gasteiger partial charge in [-0.2, -0.15) is 0 Å². The van der Waals surface area contributed by atoms with Gasteiger partial charge < -0.3 is 4.57 Å². The second kappa shape index (κ2) is 7.80. The van der Waals surface area contributed by atoms with Gasteiger partial charge in [0.05, 0.1) is 9.92 Å². The van der Waals surface area contributed by atoms with Crippen LogP contribution in [0.25, 0.3) is 11.4 Å². The zero-order valence-electron chi connectivity index (χ0n) is 16.4. The standard InChI is InChI=1S/C21H23ClN4O2S/c1-14-7-10-19(15(2)12-14)29(27,28)25-16-8-9-18(22)17(13-16)21-24-23-20-6-4-3-5-11-26(20)21/h7-10,12-13,25H,3-6,11H2,1-2H3. The number of aryl methyl sites for hydroxylation is 3. The second-order valence-corrected chi connectivity index (χ2v) is 9.53. The molecule has 152 valence electrons. The third-order valence-corrected chi connectivity index (χ3v) is 7.06. The van der Waals surface area contributed by atoms with Crippen LogP contribution in [0.3, 0.4) is 0 Å². The van der Waals surface area contributed by atoms with Crippen LogP contribution in [0.1, 0.15) is 36.2 Å². The quantitative estimate of drug-likeness (QED) is 0.648. The van der Waals surface area contributed by atoms with Gasteiger partial charge in [-0.25, -0.2) is 8.42 Å². The lowest BCUT2D eigenvalue weighted by molar-refractivity contribution is 0.600. The van der Waals surface area contributed by atoms with Crippen molar-refractivity contribution in [2.24, 2.45) is 0 Å². The van der Waals surface area contributed by atoms with Gasteiger partial charge in [0.1, 0.15) is 5.82 Å². The third kappa shape index (κ3) is 4.02. The molecule has 0 saturated heterocycles. The summed E-state index contributed by atoms with van der Waals surface area (Å²) in [6, 6.07) is 10.4. The van der Waals surface area contributed by atoms with Crippen molar-refractivity contribution >= 4 is 27.3 Å². The first-order chi connectivity index (χ1) is 13.8. The molecule has 8 heteroatoms. The van der Waals surface area contributed by atoms with E-state index in [2.05, 4.69) is 19.5 Å². The Hall–Kier alpha value is -2.38. The Morgan fingerprint density at radius 3 is 2.66 bits per heavy atom. The summed E-state index contributed by atoms with van der Waals surface area (Å²) in [6.45, 7) is 4.57. The highest BCUT2D eigenvalue weighted by Crippen LogP contribution is 2.32. The summed E-state index contributed by atoms with van der Waals surface area (Å²) >= 11 is 6.44. The number of benzene rings is 2. The normalized spacial score (nSPS) is 14.3. The molecule has 0 atom stereocenters. The lowest BCUT2D eigenvalue weighted by Gasteiger charge is -2.13. The van der Waals surface area contributed by atoms with Gasteiger partial charge >= 0.3 is 0 Å². The highest BCUT2D eigenvalue weighted by molar-refractivity contribution is 7.92. The van der Waals surface area contributed by atoms with Gasteiger partial charge in [-0.1, -0.05) is 35.7 Å². The Kier molecular flexibility index (Phi) is 5.36. The molecule has 0 aliphatic carbocycles. The van der Waals surface area contributed by atoms with Gasteiger partial charge in [0.15, 0.2) is 5.82 Å². The number of anilines is 1. The maximum absolute atomic E-state index is 12.9. The van der Waals surface area contributed by atoms with Crippen molar-refractivity contribution in [1.82, 2.24) is 14.8 Å². The molecule has 2 heterocycles. The number of sulfonamides is 1. The molecule has 1 aromatic heterocycles. The van der Waals surface area contributed by atoms with Crippen LogP contribution in [-0.2, 0) is 23.0 Å². The Balaban J connectivity index is 1.70. The molecule has 2 aromatic carbocycles. The Morgan fingerprint density at radius 2 is 1.86 bits per heavy atom. The first-order valence-corrected chi connectivity index (χ1v) is 11.5. The van der Waals surface area contributed by atoms with Crippen molar-refractivity contribution in [3.63, 3.8) is 0 Å². The summed E-state index contributed by atoms with van der Waals surface area (Å²) in [6.07, 6.45) is 4.21. The molecule has 1 N–H and O–H groups in total. The summed E-state index contributed by atoms with van der Waals surface area (Å²) in [4.78, 5) is 0.260. The number of hydrogen-bond acceptors (Lipinski definition) is 4. The van der Waals surface area contributed by atoms with Crippen LogP contribution in [0.4, 0.5) is 5.69 Å². The summed E-state index contributed by atoms with van der Waals surface area (Å²) in [7, 11) is -3.72. The molecule has 0 saturated carbocycles. The van der Waals surface area contributed by atoms with Crippen LogP contribution < -0.4 is 4.72 Å². The van der Waals surface area contributed by atoms with Gasteiger partial charge in [0.25, 0.3) is 10.0 Å². The maximum Gasteiger partial charge on any atom is 0.262 e. The smallest absolute Gasteiger partial charge is 0.262 e. The second-order valence-electron chi connectivity index (χ2n) is 7.47.